The maximum Gasteiger partial charge on any atom is 0.273 e. The Balaban J connectivity index is 1.58. The molecule has 0 radical (unpaired) electrons. The van der Waals surface area contributed by atoms with Crippen molar-refractivity contribution in [3.63, 3.8) is 0 Å². The van der Waals surface area contributed by atoms with E-state index in [1.165, 1.54) is 0 Å². The molecule has 3 aromatic heterocycles. The minimum absolute atomic E-state index is 0.221. The minimum Gasteiger partial charge on any atom is -0.357 e. The van der Waals surface area contributed by atoms with Crippen LogP contribution in [0.15, 0.2) is 60.4 Å². The Morgan fingerprint density at radius 2 is 2.00 bits per heavy atom. The number of benzene rings is 1. The number of nitrogens with one attached hydrogen (secondary N) is 2. The van der Waals surface area contributed by atoms with Gasteiger partial charge in [-0.1, -0.05) is 17.7 Å². The lowest BCUT2D eigenvalue weighted by atomic mass is 10.0. The first-order valence-electron chi connectivity index (χ1n) is 8.23. The Bertz CT molecular complexity index is 1090. The maximum atomic E-state index is 12.3. The molecule has 7 heteroatoms. The van der Waals surface area contributed by atoms with Crippen LogP contribution in [0, 0.1) is 6.92 Å². The number of aromatic nitrogens is 3. The number of pyridine rings is 1. The molecule has 4 rings (SSSR count). The first-order valence-corrected chi connectivity index (χ1v) is 9.49. The number of aromatic amines is 1. The molecule has 0 atom stereocenters. The summed E-state index contributed by atoms with van der Waals surface area (Å²) in [7, 11) is 0. The molecule has 0 spiro atoms. The zero-order valence-corrected chi connectivity index (χ0v) is 15.9. The van der Waals surface area contributed by atoms with Crippen molar-refractivity contribution in [2.24, 2.45) is 0 Å². The number of amides is 1. The molecule has 27 heavy (non-hydrogen) atoms. The number of H-pyrrole nitrogens is 1. The smallest absolute Gasteiger partial charge is 0.273 e. The lowest BCUT2D eigenvalue weighted by molar-refractivity contribution is 0.102. The fourth-order valence-corrected chi connectivity index (χ4v) is 3.61. The Kier molecular flexibility index (Phi) is 4.75. The fourth-order valence-electron chi connectivity index (χ4n) is 2.74. The standard InChI is InChI=1S/C20H15ClN4OS/c1-12-6-7-22-18(12)19(26)25-17-5-3-14(11-24-17)15-10-13(2-4-16(15)21)20-23-8-9-27-20/h2-11,22H,1H3,(H,24,25,26). The highest BCUT2D eigenvalue weighted by atomic mass is 35.5. The molecule has 0 aliphatic heterocycles. The van der Waals surface area contributed by atoms with Gasteiger partial charge in [0, 0.05) is 45.7 Å². The number of hydrogen-bond donors (Lipinski definition) is 2. The van der Waals surface area contributed by atoms with Crippen molar-refractivity contribution in [2.45, 2.75) is 6.92 Å². The second kappa shape index (κ2) is 7.34. The van der Waals surface area contributed by atoms with Crippen LogP contribution >= 0.6 is 22.9 Å². The van der Waals surface area contributed by atoms with Crippen LogP contribution in [-0.2, 0) is 0 Å². The van der Waals surface area contributed by atoms with Crippen molar-refractivity contribution in [1.29, 1.82) is 0 Å². The van der Waals surface area contributed by atoms with Gasteiger partial charge in [0.05, 0.1) is 0 Å². The molecule has 0 aliphatic carbocycles. The van der Waals surface area contributed by atoms with Crippen LogP contribution in [-0.4, -0.2) is 20.9 Å². The molecule has 1 aromatic carbocycles. The first kappa shape index (κ1) is 17.5. The minimum atomic E-state index is -0.221. The van der Waals surface area contributed by atoms with Gasteiger partial charge < -0.3 is 10.3 Å². The lowest BCUT2D eigenvalue weighted by Crippen LogP contribution is -2.14. The van der Waals surface area contributed by atoms with Gasteiger partial charge in [0.25, 0.3) is 5.91 Å². The summed E-state index contributed by atoms with van der Waals surface area (Å²) in [5.74, 6) is 0.256. The topological polar surface area (TPSA) is 70.7 Å². The Morgan fingerprint density at radius 3 is 2.67 bits per heavy atom. The second-order valence-electron chi connectivity index (χ2n) is 5.95. The summed E-state index contributed by atoms with van der Waals surface area (Å²) in [5, 5.41) is 6.30. The first-order chi connectivity index (χ1) is 13.1. The van der Waals surface area contributed by atoms with Crippen molar-refractivity contribution < 1.29 is 4.79 Å². The highest BCUT2D eigenvalue weighted by molar-refractivity contribution is 7.13. The summed E-state index contributed by atoms with van der Waals surface area (Å²) < 4.78 is 0. The Hall–Kier alpha value is -2.96. The summed E-state index contributed by atoms with van der Waals surface area (Å²) >= 11 is 7.96. The maximum absolute atomic E-state index is 12.3. The zero-order chi connectivity index (χ0) is 18.8. The summed E-state index contributed by atoms with van der Waals surface area (Å²) in [6, 6.07) is 11.3. The van der Waals surface area contributed by atoms with Crippen LogP contribution in [0.1, 0.15) is 16.1 Å². The molecule has 2 N–H and O–H groups in total. The molecule has 1 amide bonds. The van der Waals surface area contributed by atoms with Crippen LogP contribution in [0.3, 0.4) is 0 Å². The number of nitrogens with zero attached hydrogens (tertiary/aromatic N) is 2. The predicted octanol–water partition coefficient (Wildman–Crippen LogP) is 5.41. The van der Waals surface area contributed by atoms with E-state index in [-0.39, 0.29) is 5.91 Å². The Morgan fingerprint density at radius 1 is 1.15 bits per heavy atom. The van der Waals surface area contributed by atoms with Crippen LogP contribution in [0.2, 0.25) is 5.02 Å². The average Bonchev–Trinajstić information content (AvgIpc) is 3.35. The third kappa shape index (κ3) is 3.63. The molecule has 0 bridgehead atoms. The normalized spacial score (nSPS) is 10.7. The monoisotopic (exact) mass is 394 g/mol. The highest BCUT2D eigenvalue weighted by Gasteiger charge is 2.12. The zero-order valence-electron chi connectivity index (χ0n) is 14.4. The summed E-state index contributed by atoms with van der Waals surface area (Å²) in [4.78, 5) is 23.9. The van der Waals surface area contributed by atoms with E-state index in [2.05, 4.69) is 20.3 Å². The number of aryl methyl sites for hydroxylation is 1. The van der Waals surface area contributed by atoms with Gasteiger partial charge in [-0.05, 0) is 42.8 Å². The van der Waals surface area contributed by atoms with E-state index >= 15 is 0 Å². The number of hydrogen-bond acceptors (Lipinski definition) is 4. The molecule has 0 saturated carbocycles. The summed E-state index contributed by atoms with van der Waals surface area (Å²) in [6.07, 6.45) is 5.21. The third-order valence-electron chi connectivity index (χ3n) is 4.14. The van der Waals surface area contributed by atoms with Crippen molar-refractivity contribution in [1.82, 2.24) is 15.0 Å². The largest absolute Gasteiger partial charge is 0.357 e. The van der Waals surface area contributed by atoms with E-state index in [1.807, 2.05) is 42.6 Å². The number of halogens is 1. The Labute approximate surface area is 165 Å². The van der Waals surface area contributed by atoms with E-state index in [0.29, 0.717) is 16.5 Å². The predicted molar refractivity (Wildman–Crippen MR) is 109 cm³/mol. The van der Waals surface area contributed by atoms with E-state index in [4.69, 9.17) is 11.6 Å². The van der Waals surface area contributed by atoms with Crippen LogP contribution in [0.4, 0.5) is 5.82 Å². The second-order valence-corrected chi connectivity index (χ2v) is 7.26. The van der Waals surface area contributed by atoms with Crippen molar-refractivity contribution in [3.05, 3.63) is 76.6 Å². The van der Waals surface area contributed by atoms with E-state index in [1.54, 1.807) is 36.0 Å². The van der Waals surface area contributed by atoms with Gasteiger partial charge >= 0.3 is 0 Å². The number of carbonyl (C=O) groups excluding carboxylic acids is 1. The van der Waals surface area contributed by atoms with Crippen molar-refractivity contribution >= 4 is 34.7 Å². The van der Waals surface area contributed by atoms with Gasteiger partial charge in [-0.15, -0.1) is 11.3 Å². The van der Waals surface area contributed by atoms with E-state index < -0.39 is 0 Å². The molecule has 0 fully saturated rings. The molecule has 134 valence electrons. The SMILES string of the molecule is Cc1cc[nH]c1C(=O)Nc1ccc(-c2cc(-c3nccs3)ccc2Cl)cn1. The summed E-state index contributed by atoms with van der Waals surface area (Å²) in [6.45, 7) is 1.87. The number of thiazole rings is 1. The van der Waals surface area contributed by atoms with Gasteiger partial charge in [0.2, 0.25) is 0 Å². The van der Waals surface area contributed by atoms with E-state index in [9.17, 15) is 4.79 Å². The van der Waals surface area contributed by atoms with Gasteiger partial charge in [0.15, 0.2) is 0 Å². The van der Waals surface area contributed by atoms with Crippen molar-refractivity contribution in [2.75, 3.05) is 5.32 Å². The van der Waals surface area contributed by atoms with Crippen LogP contribution in [0.25, 0.3) is 21.7 Å². The van der Waals surface area contributed by atoms with Crippen LogP contribution < -0.4 is 5.32 Å². The molecule has 4 aromatic rings. The fraction of sp³-hybridized carbons (Fsp3) is 0.0500. The molecule has 3 heterocycles. The average molecular weight is 395 g/mol. The van der Waals surface area contributed by atoms with Gasteiger partial charge in [-0.25, -0.2) is 9.97 Å². The molecular weight excluding hydrogens is 380 g/mol. The number of anilines is 1. The van der Waals surface area contributed by atoms with Gasteiger partial charge in [-0.2, -0.15) is 0 Å². The van der Waals surface area contributed by atoms with Gasteiger partial charge in [-0.3, -0.25) is 4.79 Å². The number of carbonyl (C=O) groups is 1. The quantitative estimate of drug-likeness (QED) is 0.485. The van der Waals surface area contributed by atoms with Crippen LogP contribution in [0.5, 0.6) is 0 Å². The highest BCUT2D eigenvalue weighted by Crippen LogP contribution is 2.33. The molecule has 5 nitrogen and oxygen atoms in total. The van der Waals surface area contributed by atoms with Crippen molar-refractivity contribution in [3.8, 4) is 21.7 Å². The molecule has 0 aliphatic rings. The third-order valence-corrected chi connectivity index (χ3v) is 5.30. The lowest BCUT2D eigenvalue weighted by Gasteiger charge is -2.08. The summed E-state index contributed by atoms with van der Waals surface area (Å²) in [5.41, 5.74) is 4.15. The number of rotatable bonds is 4. The molecule has 0 saturated heterocycles. The van der Waals surface area contributed by atoms with Gasteiger partial charge in [0.1, 0.15) is 16.5 Å². The molecule has 0 unspecified atom stereocenters. The van der Waals surface area contributed by atoms with E-state index in [0.717, 1.165) is 27.3 Å². The molecular formula is C20H15ClN4OS.